The predicted molar refractivity (Wildman–Crippen MR) is 118 cm³/mol. The molecule has 34 heavy (non-hydrogen) atoms. The number of ether oxygens (including phenoxy) is 1. The number of hydrogen-bond acceptors (Lipinski definition) is 4. The minimum Gasteiger partial charge on any atom is -0.478 e. The lowest BCUT2D eigenvalue weighted by atomic mass is 10.1. The Labute approximate surface area is 197 Å². The average molecular weight is 489 g/mol. The van der Waals surface area contributed by atoms with Crippen LogP contribution in [0.15, 0.2) is 48.5 Å². The molecule has 3 aromatic rings. The van der Waals surface area contributed by atoms with Crippen molar-refractivity contribution in [3.8, 4) is 17.6 Å². The summed E-state index contributed by atoms with van der Waals surface area (Å²) in [5.41, 5.74) is -0.143. The molecular weight excluding hydrogens is 473 g/mol. The van der Waals surface area contributed by atoms with Gasteiger partial charge in [0, 0.05) is 11.1 Å². The zero-order valence-corrected chi connectivity index (χ0v) is 18.3. The van der Waals surface area contributed by atoms with Crippen LogP contribution in [0, 0.1) is 24.1 Å². The summed E-state index contributed by atoms with van der Waals surface area (Å²) in [4.78, 5) is 23.4. The molecule has 3 aromatic carbocycles. The van der Waals surface area contributed by atoms with Crippen LogP contribution in [-0.2, 0) is 11.2 Å². The highest BCUT2D eigenvalue weighted by atomic mass is 35.5. The molecule has 0 aromatic heterocycles. The largest absolute Gasteiger partial charge is 0.478 e. The van der Waals surface area contributed by atoms with Gasteiger partial charge >= 0.3 is 5.97 Å². The van der Waals surface area contributed by atoms with Crippen LogP contribution in [0.2, 0.25) is 5.02 Å². The third-order valence-corrected chi connectivity index (χ3v) is 5.06. The number of carboxylic acid groups (broad SMARTS) is 1. The number of anilines is 1. The van der Waals surface area contributed by atoms with Crippen molar-refractivity contribution in [3.63, 3.8) is 0 Å². The normalized spacial score (nSPS) is 10.6. The molecule has 0 heterocycles. The van der Waals surface area contributed by atoms with Gasteiger partial charge in [0.2, 0.25) is 5.91 Å². The van der Waals surface area contributed by atoms with Gasteiger partial charge in [-0.05, 0) is 48.9 Å². The molecule has 0 aliphatic carbocycles. The lowest BCUT2D eigenvalue weighted by molar-refractivity contribution is -0.115. The second-order valence-corrected chi connectivity index (χ2v) is 7.62. The van der Waals surface area contributed by atoms with Crippen LogP contribution in [0.4, 0.5) is 18.9 Å². The summed E-state index contributed by atoms with van der Waals surface area (Å²) >= 11 is 6.00. The van der Waals surface area contributed by atoms with E-state index >= 15 is 4.39 Å². The van der Waals surface area contributed by atoms with E-state index in [1.54, 1.807) is 6.07 Å². The average Bonchev–Trinajstić information content (AvgIpc) is 2.79. The first-order valence-electron chi connectivity index (χ1n) is 9.70. The molecule has 0 radical (unpaired) electrons. The molecule has 3 rings (SSSR count). The Hall–Kier alpha value is -4.03. The molecule has 1 amide bonds. The second-order valence-electron chi connectivity index (χ2n) is 7.21. The van der Waals surface area contributed by atoms with Crippen molar-refractivity contribution in [2.24, 2.45) is 0 Å². The van der Waals surface area contributed by atoms with Crippen LogP contribution in [0.5, 0.6) is 11.5 Å². The van der Waals surface area contributed by atoms with Gasteiger partial charge in [-0.1, -0.05) is 23.7 Å². The molecule has 0 saturated carbocycles. The molecule has 6 nitrogen and oxygen atoms in total. The molecule has 0 saturated heterocycles. The fourth-order valence-corrected chi connectivity index (χ4v) is 3.29. The molecule has 0 fully saturated rings. The molecule has 0 aliphatic heterocycles. The van der Waals surface area contributed by atoms with Gasteiger partial charge in [0.15, 0.2) is 11.6 Å². The van der Waals surface area contributed by atoms with Gasteiger partial charge in [0.05, 0.1) is 34.3 Å². The molecule has 10 heteroatoms. The van der Waals surface area contributed by atoms with Crippen LogP contribution >= 0.6 is 11.6 Å². The van der Waals surface area contributed by atoms with E-state index in [9.17, 15) is 18.4 Å². The van der Waals surface area contributed by atoms with E-state index in [0.717, 1.165) is 12.1 Å². The van der Waals surface area contributed by atoms with Gasteiger partial charge in [0.1, 0.15) is 5.75 Å². The molecule has 0 atom stereocenters. The van der Waals surface area contributed by atoms with Crippen molar-refractivity contribution in [1.29, 1.82) is 5.26 Å². The number of nitrogens with one attached hydrogen (secondary N) is 1. The Balaban J connectivity index is 1.83. The number of amides is 1. The Bertz CT molecular complexity index is 1320. The van der Waals surface area contributed by atoms with E-state index in [2.05, 4.69) is 5.32 Å². The van der Waals surface area contributed by atoms with Gasteiger partial charge in [-0.25, -0.2) is 18.0 Å². The molecule has 0 bridgehead atoms. The summed E-state index contributed by atoms with van der Waals surface area (Å²) in [6, 6.07) is 11.6. The first-order chi connectivity index (χ1) is 16.1. The highest BCUT2D eigenvalue weighted by Crippen LogP contribution is 2.33. The first-order valence-corrected chi connectivity index (χ1v) is 10.1. The van der Waals surface area contributed by atoms with E-state index in [-0.39, 0.29) is 38.9 Å². The highest BCUT2D eigenvalue weighted by Gasteiger charge is 2.19. The van der Waals surface area contributed by atoms with E-state index < -0.39 is 36.1 Å². The Morgan fingerprint density at radius 3 is 2.53 bits per heavy atom. The van der Waals surface area contributed by atoms with Gasteiger partial charge in [0.25, 0.3) is 6.43 Å². The number of carbonyl (C=O) groups excluding carboxylic acids is 1. The van der Waals surface area contributed by atoms with Crippen LogP contribution in [0.1, 0.15) is 39.0 Å². The van der Waals surface area contributed by atoms with Crippen LogP contribution in [-0.4, -0.2) is 17.0 Å². The number of carbonyl (C=O) groups is 2. The van der Waals surface area contributed by atoms with Crippen molar-refractivity contribution in [3.05, 3.63) is 87.2 Å². The predicted octanol–water partition coefficient (Wildman–Crippen LogP) is 6.27. The monoisotopic (exact) mass is 488 g/mol. The number of nitrogens with zero attached hydrogens (tertiary/aromatic N) is 1. The van der Waals surface area contributed by atoms with Gasteiger partial charge < -0.3 is 15.2 Å². The van der Waals surface area contributed by atoms with E-state index in [1.807, 2.05) is 0 Å². The lowest BCUT2D eigenvalue weighted by Crippen LogP contribution is -2.16. The lowest BCUT2D eigenvalue weighted by Gasteiger charge is -2.14. The topological polar surface area (TPSA) is 99.4 Å². The van der Waals surface area contributed by atoms with Crippen molar-refractivity contribution < 1.29 is 32.6 Å². The van der Waals surface area contributed by atoms with Crippen LogP contribution < -0.4 is 10.1 Å². The number of benzene rings is 3. The van der Waals surface area contributed by atoms with Gasteiger partial charge in [-0.3, -0.25) is 4.79 Å². The number of aryl methyl sites for hydroxylation is 1. The van der Waals surface area contributed by atoms with Crippen LogP contribution in [0.3, 0.4) is 0 Å². The summed E-state index contributed by atoms with van der Waals surface area (Å²) in [7, 11) is 0. The van der Waals surface area contributed by atoms with Crippen molar-refractivity contribution in [2.45, 2.75) is 19.8 Å². The molecule has 0 aliphatic rings. The maximum atomic E-state index is 15.2. The number of alkyl halides is 2. The fraction of sp³-hybridized carbons (Fsp3) is 0.125. The van der Waals surface area contributed by atoms with E-state index in [1.165, 1.54) is 43.3 Å². The fourth-order valence-electron chi connectivity index (χ4n) is 3.06. The summed E-state index contributed by atoms with van der Waals surface area (Å²) in [5.74, 6) is -3.11. The Morgan fingerprint density at radius 2 is 1.91 bits per heavy atom. The van der Waals surface area contributed by atoms with Crippen molar-refractivity contribution in [2.75, 3.05) is 5.32 Å². The van der Waals surface area contributed by atoms with Gasteiger partial charge in [-0.15, -0.1) is 0 Å². The molecule has 174 valence electrons. The number of rotatable bonds is 7. The number of nitriles is 1. The number of hydrogen-bond donors (Lipinski definition) is 2. The summed E-state index contributed by atoms with van der Waals surface area (Å²) in [5, 5.41) is 20.5. The minimum atomic E-state index is -2.85. The highest BCUT2D eigenvalue weighted by molar-refractivity contribution is 6.34. The number of aromatic carboxylic acids is 1. The Kier molecular flexibility index (Phi) is 7.44. The van der Waals surface area contributed by atoms with Crippen molar-refractivity contribution in [1.82, 2.24) is 0 Å². The SMILES string of the molecule is Cc1ccc(CC(=O)Nc2ccc(C(=O)O)cc2Cl)c(F)c1Oc1cc(C#N)cc(C(F)F)c1. The zero-order chi connectivity index (χ0) is 25.0. The zero-order valence-electron chi connectivity index (χ0n) is 17.5. The maximum absolute atomic E-state index is 15.2. The minimum absolute atomic E-state index is 0.00569. The number of carboxylic acids is 1. The van der Waals surface area contributed by atoms with Crippen LogP contribution in [0.25, 0.3) is 0 Å². The molecule has 0 spiro atoms. The number of halogens is 4. The first kappa shape index (κ1) is 24.6. The third-order valence-electron chi connectivity index (χ3n) is 4.74. The van der Waals surface area contributed by atoms with E-state index in [0.29, 0.717) is 5.56 Å². The standard InChI is InChI=1S/C24H16ClF3N2O4/c1-12-2-3-14(10-20(31)30-19-5-4-15(24(32)33)9-18(19)25)21(26)22(12)34-17-7-13(11-29)6-16(8-17)23(27)28/h2-9,23H,10H2,1H3,(H,30,31)(H,32,33). The maximum Gasteiger partial charge on any atom is 0.335 e. The van der Waals surface area contributed by atoms with Gasteiger partial charge in [-0.2, -0.15) is 5.26 Å². The summed E-state index contributed by atoms with van der Waals surface area (Å²) in [6.07, 6.45) is -3.27. The molecule has 2 N–H and O–H groups in total. The second kappa shape index (κ2) is 10.3. The summed E-state index contributed by atoms with van der Waals surface area (Å²) in [6.45, 7) is 1.54. The smallest absolute Gasteiger partial charge is 0.335 e. The third kappa shape index (κ3) is 5.66. The Morgan fingerprint density at radius 1 is 1.18 bits per heavy atom. The van der Waals surface area contributed by atoms with E-state index in [4.69, 9.17) is 26.7 Å². The summed E-state index contributed by atoms with van der Waals surface area (Å²) < 4.78 is 46.9. The molecule has 0 unspecified atom stereocenters. The molecular formula is C24H16ClF3N2O4. The van der Waals surface area contributed by atoms with Crippen molar-refractivity contribution >= 4 is 29.2 Å². The quantitative estimate of drug-likeness (QED) is 0.408.